The number of carbonyl (C=O) groups excluding carboxylic acids is 1. The van der Waals surface area contributed by atoms with E-state index in [1.807, 2.05) is 0 Å². The van der Waals surface area contributed by atoms with E-state index in [4.69, 9.17) is 9.47 Å². The average Bonchev–Trinajstić information content (AvgIpc) is 2.58. The minimum atomic E-state index is -1.10. The molecular weight excluding hydrogens is 298 g/mol. The number of carbonyl (C=O) groups is 2. The number of benzene rings is 1. The van der Waals surface area contributed by atoms with Gasteiger partial charge in [-0.1, -0.05) is 30.3 Å². The van der Waals surface area contributed by atoms with E-state index in [9.17, 15) is 14.7 Å². The minimum Gasteiger partial charge on any atom is -0.479 e. The van der Waals surface area contributed by atoms with Crippen LogP contribution in [0, 0.1) is 0 Å². The fourth-order valence-corrected chi connectivity index (χ4v) is 2.46. The van der Waals surface area contributed by atoms with Crippen molar-refractivity contribution in [2.24, 2.45) is 0 Å². The van der Waals surface area contributed by atoms with Crippen molar-refractivity contribution in [2.75, 3.05) is 13.2 Å². The van der Waals surface area contributed by atoms with Crippen molar-refractivity contribution in [3.63, 3.8) is 0 Å². The van der Waals surface area contributed by atoms with Gasteiger partial charge >= 0.3 is 5.97 Å². The third-order valence-electron chi connectivity index (χ3n) is 3.84. The standard InChI is InChI=1S/C17H23NO5/c1-12(23-11-14-9-5-6-10-22-14)16(19)18-15(17(20)21)13-7-3-2-4-8-13/h2-4,7-8,12,14-15H,5-6,9-11H2,1H3,(H,18,19)(H,20,21)/t12?,14?,15-/m0/s1. The predicted octanol–water partition coefficient (Wildman–Crippen LogP) is 1.90. The van der Waals surface area contributed by atoms with E-state index in [-0.39, 0.29) is 6.10 Å². The van der Waals surface area contributed by atoms with Crippen LogP contribution in [0.15, 0.2) is 30.3 Å². The average molecular weight is 321 g/mol. The SMILES string of the molecule is CC(OCC1CCCCO1)C(=O)N[C@H](C(=O)O)c1ccccc1. The number of hydrogen-bond acceptors (Lipinski definition) is 4. The molecule has 1 aliphatic heterocycles. The molecule has 6 heteroatoms. The van der Waals surface area contributed by atoms with E-state index >= 15 is 0 Å². The Balaban J connectivity index is 1.86. The molecule has 1 amide bonds. The lowest BCUT2D eigenvalue weighted by Gasteiger charge is -2.24. The zero-order valence-corrected chi connectivity index (χ0v) is 13.2. The monoisotopic (exact) mass is 321 g/mol. The van der Waals surface area contributed by atoms with Crippen LogP contribution in [0.2, 0.25) is 0 Å². The van der Waals surface area contributed by atoms with Crippen molar-refractivity contribution in [3.05, 3.63) is 35.9 Å². The highest BCUT2D eigenvalue weighted by molar-refractivity contribution is 5.86. The van der Waals surface area contributed by atoms with Gasteiger partial charge in [-0.05, 0) is 31.7 Å². The molecule has 1 aliphatic rings. The molecule has 6 nitrogen and oxygen atoms in total. The first-order valence-electron chi connectivity index (χ1n) is 7.89. The van der Waals surface area contributed by atoms with Crippen LogP contribution in [0.5, 0.6) is 0 Å². The molecule has 1 saturated heterocycles. The van der Waals surface area contributed by atoms with Gasteiger partial charge in [0.05, 0.1) is 12.7 Å². The van der Waals surface area contributed by atoms with E-state index in [2.05, 4.69) is 5.32 Å². The summed E-state index contributed by atoms with van der Waals surface area (Å²) in [6, 6.07) is 7.51. The van der Waals surface area contributed by atoms with Gasteiger partial charge in [-0.2, -0.15) is 0 Å². The Morgan fingerprint density at radius 3 is 2.70 bits per heavy atom. The van der Waals surface area contributed by atoms with Crippen LogP contribution < -0.4 is 5.32 Å². The number of hydrogen-bond donors (Lipinski definition) is 2. The predicted molar refractivity (Wildman–Crippen MR) is 84.0 cm³/mol. The lowest BCUT2D eigenvalue weighted by Crippen LogP contribution is -2.41. The summed E-state index contributed by atoms with van der Waals surface area (Å²) in [6.07, 6.45) is 2.37. The smallest absolute Gasteiger partial charge is 0.330 e. The molecule has 2 rings (SSSR count). The maximum atomic E-state index is 12.2. The van der Waals surface area contributed by atoms with Gasteiger partial charge in [0.25, 0.3) is 0 Å². The molecular formula is C17H23NO5. The van der Waals surface area contributed by atoms with Crippen molar-refractivity contribution in [3.8, 4) is 0 Å². The van der Waals surface area contributed by atoms with Gasteiger partial charge in [0, 0.05) is 6.61 Å². The van der Waals surface area contributed by atoms with Gasteiger partial charge in [0.2, 0.25) is 5.91 Å². The second kappa shape index (κ2) is 8.64. The summed E-state index contributed by atoms with van der Waals surface area (Å²) in [5, 5.41) is 11.8. The molecule has 0 bridgehead atoms. The molecule has 1 heterocycles. The van der Waals surface area contributed by atoms with Crippen molar-refractivity contribution in [2.45, 2.75) is 44.4 Å². The van der Waals surface area contributed by atoms with Gasteiger partial charge in [0.1, 0.15) is 6.10 Å². The molecule has 2 N–H and O–H groups in total. The van der Waals surface area contributed by atoms with Crippen molar-refractivity contribution >= 4 is 11.9 Å². The van der Waals surface area contributed by atoms with Crippen molar-refractivity contribution < 1.29 is 24.2 Å². The summed E-state index contributed by atoms with van der Waals surface area (Å²) in [5.41, 5.74) is 0.524. The fraction of sp³-hybridized carbons (Fsp3) is 0.529. The van der Waals surface area contributed by atoms with E-state index in [1.165, 1.54) is 0 Å². The molecule has 3 atom stereocenters. The van der Waals surface area contributed by atoms with Crippen LogP contribution >= 0.6 is 0 Å². The summed E-state index contributed by atoms with van der Waals surface area (Å²) in [5.74, 6) is -1.55. The Kier molecular flexibility index (Phi) is 6.55. The molecule has 0 spiro atoms. The largest absolute Gasteiger partial charge is 0.479 e. The van der Waals surface area contributed by atoms with E-state index in [0.29, 0.717) is 12.2 Å². The first kappa shape index (κ1) is 17.4. The highest BCUT2D eigenvalue weighted by Crippen LogP contribution is 2.15. The summed E-state index contributed by atoms with van der Waals surface area (Å²) >= 11 is 0. The van der Waals surface area contributed by atoms with Crippen LogP contribution in [-0.4, -0.2) is 42.4 Å². The minimum absolute atomic E-state index is 0.0170. The second-order valence-corrected chi connectivity index (χ2v) is 5.65. The number of rotatable bonds is 7. The molecule has 1 aromatic rings. The third kappa shape index (κ3) is 5.33. The quantitative estimate of drug-likeness (QED) is 0.801. The van der Waals surface area contributed by atoms with Crippen molar-refractivity contribution in [1.29, 1.82) is 0 Å². The second-order valence-electron chi connectivity index (χ2n) is 5.65. The lowest BCUT2D eigenvalue weighted by atomic mass is 10.1. The summed E-state index contributed by atoms with van der Waals surface area (Å²) < 4.78 is 11.1. The maximum Gasteiger partial charge on any atom is 0.330 e. The molecule has 2 unspecified atom stereocenters. The highest BCUT2D eigenvalue weighted by atomic mass is 16.5. The van der Waals surface area contributed by atoms with E-state index < -0.39 is 24.0 Å². The zero-order valence-electron chi connectivity index (χ0n) is 13.2. The Morgan fingerprint density at radius 1 is 1.35 bits per heavy atom. The first-order chi connectivity index (χ1) is 11.1. The number of nitrogens with one attached hydrogen (secondary N) is 1. The molecule has 1 aromatic carbocycles. The van der Waals surface area contributed by atoms with Crippen LogP contribution in [0.4, 0.5) is 0 Å². The van der Waals surface area contributed by atoms with E-state index in [0.717, 1.165) is 25.9 Å². The molecule has 0 saturated carbocycles. The number of amides is 1. The Labute approximate surface area is 135 Å². The number of aliphatic carboxylic acids is 1. The van der Waals surface area contributed by atoms with Gasteiger partial charge in [-0.3, -0.25) is 4.79 Å². The fourth-order valence-electron chi connectivity index (χ4n) is 2.46. The third-order valence-corrected chi connectivity index (χ3v) is 3.84. The molecule has 1 fully saturated rings. The molecule has 0 aromatic heterocycles. The number of ether oxygens (including phenoxy) is 2. The van der Waals surface area contributed by atoms with E-state index in [1.54, 1.807) is 37.3 Å². The number of carboxylic acids is 1. The van der Waals surface area contributed by atoms with Crippen LogP contribution in [0.25, 0.3) is 0 Å². The van der Waals surface area contributed by atoms with Crippen LogP contribution in [0.3, 0.4) is 0 Å². The summed E-state index contributed by atoms with van der Waals surface area (Å²) in [6.45, 7) is 2.68. The Morgan fingerprint density at radius 2 is 2.09 bits per heavy atom. The maximum absolute atomic E-state index is 12.2. The normalized spacial score (nSPS) is 20.5. The van der Waals surface area contributed by atoms with Gasteiger partial charge in [-0.25, -0.2) is 4.79 Å². The van der Waals surface area contributed by atoms with Gasteiger partial charge < -0.3 is 19.9 Å². The molecule has 23 heavy (non-hydrogen) atoms. The zero-order chi connectivity index (χ0) is 16.7. The first-order valence-corrected chi connectivity index (χ1v) is 7.89. The molecule has 126 valence electrons. The highest BCUT2D eigenvalue weighted by Gasteiger charge is 2.25. The number of carboxylic acid groups (broad SMARTS) is 1. The Bertz CT molecular complexity index is 513. The topological polar surface area (TPSA) is 84.9 Å². The van der Waals surface area contributed by atoms with Crippen LogP contribution in [-0.2, 0) is 19.1 Å². The van der Waals surface area contributed by atoms with Gasteiger partial charge in [-0.15, -0.1) is 0 Å². The summed E-state index contributed by atoms with van der Waals surface area (Å²) in [4.78, 5) is 23.6. The molecule has 0 aliphatic carbocycles. The van der Waals surface area contributed by atoms with Crippen LogP contribution in [0.1, 0.15) is 37.8 Å². The summed E-state index contributed by atoms with van der Waals surface area (Å²) in [7, 11) is 0. The Hall–Kier alpha value is -1.92. The van der Waals surface area contributed by atoms with Crippen molar-refractivity contribution in [1.82, 2.24) is 5.32 Å². The molecule has 0 radical (unpaired) electrons. The lowest BCUT2D eigenvalue weighted by molar-refractivity contribution is -0.145. The van der Waals surface area contributed by atoms with Gasteiger partial charge in [0.15, 0.2) is 6.04 Å².